The molecule has 1 aromatic rings. The van der Waals surface area contributed by atoms with Crippen LogP contribution in [-0.2, 0) is 6.42 Å². The molecule has 1 aliphatic rings. The van der Waals surface area contributed by atoms with Gasteiger partial charge in [-0.25, -0.2) is 4.99 Å². The SMILES string of the molecule is CN=C1Cc2ccccc2C=N1. The van der Waals surface area contributed by atoms with Crippen molar-refractivity contribution in [2.75, 3.05) is 7.05 Å². The second-order valence-corrected chi connectivity index (χ2v) is 2.77. The third-order valence-corrected chi connectivity index (χ3v) is 2.01. The van der Waals surface area contributed by atoms with Gasteiger partial charge in [-0.05, 0) is 11.1 Å². The highest BCUT2D eigenvalue weighted by molar-refractivity contribution is 6.00. The molecule has 0 fully saturated rings. The molecule has 2 heteroatoms. The van der Waals surface area contributed by atoms with E-state index in [-0.39, 0.29) is 0 Å². The van der Waals surface area contributed by atoms with Gasteiger partial charge in [0.25, 0.3) is 0 Å². The van der Waals surface area contributed by atoms with Gasteiger partial charge >= 0.3 is 0 Å². The Bertz CT molecular complexity index is 351. The zero-order chi connectivity index (χ0) is 8.39. The van der Waals surface area contributed by atoms with E-state index in [0.29, 0.717) is 0 Å². The van der Waals surface area contributed by atoms with Crippen molar-refractivity contribution < 1.29 is 0 Å². The summed E-state index contributed by atoms with van der Waals surface area (Å²) in [5, 5.41) is 0. The van der Waals surface area contributed by atoms with Gasteiger partial charge in [-0.3, -0.25) is 4.99 Å². The van der Waals surface area contributed by atoms with Crippen molar-refractivity contribution in [2.24, 2.45) is 9.98 Å². The summed E-state index contributed by atoms with van der Waals surface area (Å²) in [4.78, 5) is 8.28. The maximum Gasteiger partial charge on any atom is 0.127 e. The van der Waals surface area contributed by atoms with Gasteiger partial charge in [-0.1, -0.05) is 24.3 Å². The highest BCUT2D eigenvalue weighted by Gasteiger charge is 2.07. The van der Waals surface area contributed by atoms with E-state index in [9.17, 15) is 0 Å². The Labute approximate surface area is 71.7 Å². The summed E-state index contributed by atoms with van der Waals surface area (Å²) in [5.41, 5.74) is 2.53. The van der Waals surface area contributed by atoms with Crippen molar-refractivity contribution in [2.45, 2.75) is 6.42 Å². The number of benzene rings is 1. The molecule has 0 spiro atoms. The maximum absolute atomic E-state index is 4.21. The van der Waals surface area contributed by atoms with Gasteiger partial charge in [0, 0.05) is 19.7 Å². The minimum atomic E-state index is 0.864. The van der Waals surface area contributed by atoms with Gasteiger partial charge in [0.15, 0.2) is 0 Å². The average Bonchev–Trinajstić information content (AvgIpc) is 2.17. The van der Waals surface area contributed by atoms with E-state index in [0.717, 1.165) is 12.3 Å². The van der Waals surface area contributed by atoms with E-state index in [1.807, 2.05) is 18.3 Å². The monoisotopic (exact) mass is 158 g/mol. The average molecular weight is 158 g/mol. The molecule has 0 aromatic heterocycles. The van der Waals surface area contributed by atoms with Crippen molar-refractivity contribution >= 4 is 12.1 Å². The first kappa shape index (κ1) is 7.22. The molecule has 0 saturated heterocycles. The molecule has 1 aliphatic heterocycles. The zero-order valence-corrected chi connectivity index (χ0v) is 6.99. The predicted molar refractivity (Wildman–Crippen MR) is 51.1 cm³/mol. The van der Waals surface area contributed by atoms with Crippen LogP contribution in [-0.4, -0.2) is 19.1 Å². The first-order valence-corrected chi connectivity index (χ1v) is 3.98. The van der Waals surface area contributed by atoms with E-state index >= 15 is 0 Å². The Hall–Kier alpha value is -1.44. The van der Waals surface area contributed by atoms with Crippen LogP contribution in [0.2, 0.25) is 0 Å². The van der Waals surface area contributed by atoms with Gasteiger partial charge in [0.05, 0.1) is 0 Å². The fourth-order valence-electron chi connectivity index (χ4n) is 1.32. The number of aliphatic imine (C=N–C) groups is 2. The van der Waals surface area contributed by atoms with Crippen molar-refractivity contribution in [3.63, 3.8) is 0 Å². The topological polar surface area (TPSA) is 24.7 Å². The molecule has 0 saturated carbocycles. The molecule has 1 heterocycles. The molecule has 0 aliphatic carbocycles. The normalized spacial score (nSPS) is 17.9. The van der Waals surface area contributed by atoms with Crippen molar-refractivity contribution in [3.05, 3.63) is 35.4 Å². The maximum atomic E-state index is 4.21. The molecule has 0 unspecified atom stereocenters. The second kappa shape index (κ2) is 2.89. The Kier molecular flexibility index (Phi) is 1.74. The van der Waals surface area contributed by atoms with E-state index < -0.39 is 0 Å². The van der Waals surface area contributed by atoms with Crippen LogP contribution in [0.1, 0.15) is 11.1 Å². The second-order valence-electron chi connectivity index (χ2n) is 2.77. The summed E-state index contributed by atoms with van der Waals surface area (Å²) in [6.07, 6.45) is 2.74. The molecule has 12 heavy (non-hydrogen) atoms. The lowest BCUT2D eigenvalue weighted by molar-refractivity contribution is 1.22. The summed E-state index contributed by atoms with van der Waals surface area (Å²) >= 11 is 0. The number of nitrogens with zero attached hydrogens (tertiary/aromatic N) is 2. The fourth-order valence-corrected chi connectivity index (χ4v) is 1.32. The lowest BCUT2D eigenvalue weighted by atomic mass is 10.0. The lowest BCUT2D eigenvalue weighted by Gasteiger charge is -2.09. The molecule has 0 amide bonds. The standard InChI is InChI=1S/C10H10N2/c1-11-10-6-8-4-2-3-5-9(8)7-12-10/h2-5,7H,6H2,1H3. The molecular formula is C10H10N2. The van der Waals surface area contributed by atoms with Crippen LogP contribution in [0.4, 0.5) is 0 Å². The first-order chi connectivity index (χ1) is 5.90. The van der Waals surface area contributed by atoms with Gasteiger partial charge < -0.3 is 0 Å². The fraction of sp³-hybridized carbons (Fsp3) is 0.200. The molecule has 2 rings (SSSR count). The predicted octanol–water partition coefficient (Wildman–Crippen LogP) is 1.69. The number of hydrogen-bond acceptors (Lipinski definition) is 1. The zero-order valence-electron chi connectivity index (χ0n) is 6.99. The van der Waals surface area contributed by atoms with E-state index in [2.05, 4.69) is 22.1 Å². The number of hydrogen-bond donors (Lipinski definition) is 0. The Morgan fingerprint density at radius 2 is 2.17 bits per heavy atom. The van der Waals surface area contributed by atoms with Crippen molar-refractivity contribution in [1.82, 2.24) is 0 Å². The minimum Gasteiger partial charge on any atom is -0.274 e. The highest BCUT2D eigenvalue weighted by atomic mass is 14.9. The number of amidine groups is 1. The van der Waals surface area contributed by atoms with Gasteiger partial charge in [0.2, 0.25) is 0 Å². The van der Waals surface area contributed by atoms with Crippen molar-refractivity contribution in [3.8, 4) is 0 Å². The van der Waals surface area contributed by atoms with Gasteiger partial charge in [-0.2, -0.15) is 0 Å². The molecule has 0 N–H and O–H groups in total. The van der Waals surface area contributed by atoms with Crippen LogP contribution in [0.3, 0.4) is 0 Å². The van der Waals surface area contributed by atoms with Crippen LogP contribution in [0, 0.1) is 0 Å². The molecule has 0 bridgehead atoms. The Balaban J connectivity index is 2.46. The quantitative estimate of drug-likeness (QED) is 0.549. The highest BCUT2D eigenvalue weighted by Crippen LogP contribution is 2.12. The van der Waals surface area contributed by atoms with Crippen LogP contribution in [0.25, 0.3) is 0 Å². The van der Waals surface area contributed by atoms with E-state index in [4.69, 9.17) is 0 Å². The summed E-state index contributed by atoms with van der Waals surface area (Å²) in [7, 11) is 1.78. The number of rotatable bonds is 0. The smallest absolute Gasteiger partial charge is 0.127 e. The third-order valence-electron chi connectivity index (χ3n) is 2.01. The Morgan fingerprint density at radius 3 is 3.00 bits per heavy atom. The molecular weight excluding hydrogens is 148 g/mol. The summed E-state index contributed by atoms with van der Waals surface area (Å²) in [5.74, 6) is 0.911. The van der Waals surface area contributed by atoms with Crippen LogP contribution >= 0.6 is 0 Å². The van der Waals surface area contributed by atoms with Crippen LogP contribution in [0.15, 0.2) is 34.3 Å². The van der Waals surface area contributed by atoms with E-state index in [1.165, 1.54) is 11.1 Å². The van der Waals surface area contributed by atoms with Crippen molar-refractivity contribution in [1.29, 1.82) is 0 Å². The van der Waals surface area contributed by atoms with Crippen LogP contribution in [0.5, 0.6) is 0 Å². The largest absolute Gasteiger partial charge is 0.274 e. The van der Waals surface area contributed by atoms with E-state index in [1.54, 1.807) is 7.05 Å². The van der Waals surface area contributed by atoms with Gasteiger partial charge in [0.1, 0.15) is 5.84 Å². The van der Waals surface area contributed by atoms with Gasteiger partial charge in [-0.15, -0.1) is 0 Å². The molecule has 2 nitrogen and oxygen atoms in total. The summed E-state index contributed by atoms with van der Waals surface area (Å²) in [6.45, 7) is 0. The number of fused-ring (bicyclic) bond motifs is 1. The Morgan fingerprint density at radius 1 is 1.33 bits per heavy atom. The first-order valence-electron chi connectivity index (χ1n) is 3.98. The summed E-state index contributed by atoms with van der Waals surface area (Å²) < 4.78 is 0. The molecule has 1 aromatic carbocycles. The molecule has 0 radical (unpaired) electrons. The lowest BCUT2D eigenvalue weighted by Crippen LogP contribution is -2.08. The third kappa shape index (κ3) is 1.16. The summed E-state index contributed by atoms with van der Waals surface area (Å²) in [6, 6.07) is 8.27. The molecule has 0 atom stereocenters. The molecule has 60 valence electrons. The minimum absolute atomic E-state index is 0.864. The van der Waals surface area contributed by atoms with Crippen LogP contribution < -0.4 is 0 Å².